The number of carbonyl (C=O) groups is 2. The molecule has 5 aliphatic heterocycles. The molecule has 3 aromatic carbocycles. The lowest BCUT2D eigenvalue weighted by atomic mass is 9.96. The van der Waals surface area contributed by atoms with E-state index in [1.165, 1.54) is 4.90 Å². The van der Waals surface area contributed by atoms with Crippen molar-refractivity contribution in [2.24, 2.45) is 0 Å². The smallest absolute Gasteiger partial charge is 0.337 e. The molecule has 8 rings (SSSR count). The van der Waals surface area contributed by atoms with Crippen molar-refractivity contribution in [3.63, 3.8) is 0 Å². The lowest BCUT2D eigenvalue weighted by Gasteiger charge is -2.39. The summed E-state index contributed by atoms with van der Waals surface area (Å²) in [4.78, 5) is 34.4. The predicted molar refractivity (Wildman–Crippen MR) is 184 cm³/mol. The van der Waals surface area contributed by atoms with Crippen molar-refractivity contribution in [1.29, 1.82) is 0 Å². The van der Waals surface area contributed by atoms with E-state index in [2.05, 4.69) is 14.7 Å². The molecule has 4 fully saturated rings. The molecule has 3 unspecified atom stereocenters. The number of aromatic carboxylic acids is 1. The molecule has 49 heavy (non-hydrogen) atoms. The second kappa shape index (κ2) is 13.3. The number of nitrogens with zero attached hydrogens (tertiary/aromatic N) is 4. The van der Waals surface area contributed by atoms with Gasteiger partial charge in [-0.1, -0.05) is 41.4 Å². The zero-order valence-electron chi connectivity index (χ0n) is 26.9. The molecule has 0 aromatic heterocycles. The number of morpholine rings is 1. The molecule has 0 saturated carbocycles. The number of hydrogen-bond donors (Lipinski definition) is 1. The Morgan fingerprint density at radius 3 is 2.24 bits per heavy atom. The Kier molecular flexibility index (Phi) is 8.82. The van der Waals surface area contributed by atoms with Crippen molar-refractivity contribution in [3.05, 3.63) is 75.0 Å². The maximum absolute atomic E-state index is 15.7. The van der Waals surface area contributed by atoms with Crippen LogP contribution in [0, 0.1) is 5.82 Å². The highest BCUT2D eigenvalue weighted by Crippen LogP contribution is 2.43. The Hall–Kier alpha value is -3.61. The number of carbonyl (C=O) groups excluding carboxylic acids is 1. The highest BCUT2D eigenvalue weighted by Gasteiger charge is 2.40. The molecular formula is C36H37Cl2FN4O6. The van der Waals surface area contributed by atoms with Crippen LogP contribution in [-0.4, -0.2) is 104 Å². The average Bonchev–Trinajstić information content (AvgIpc) is 3.73. The fraction of sp³-hybridized carbons (Fsp3) is 0.444. The minimum atomic E-state index is -1.19. The summed E-state index contributed by atoms with van der Waals surface area (Å²) < 4.78 is 33.2. The van der Waals surface area contributed by atoms with Gasteiger partial charge in [0.25, 0.3) is 5.91 Å². The molecule has 3 atom stereocenters. The van der Waals surface area contributed by atoms with E-state index in [0.717, 1.165) is 70.4 Å². The average molecular weight is 712 g/mol. The molecule has 1 N–H and O–H groups in total. The summed E-state index contributed by atoms with van der Waals surface area (Å²) in [6.45, 7) is 6.18. The molecule has 0 spiro atoms. The molecule has 0 aliphatic carbocycles. The standard InChI is InChI=1S/C36H37Cl2FN4O6/c37-29-12-25(41-9-7-40(8-10-41)22-6-11-47-17-22)13-30(38)33(29)35(44)42-16-21-2-1-3-26(34(21)49-20-42)27-15-32(28(36(45)46)14-31(27)39)43-23-4-5-24(43)19-48-18-23/h1-3,12-15,22-24H,4-11,16-20H2,(H,45,46). The zero-order chi connectivity index (χ0) is 33.8. The van der Waals surface area contributed by atoms with Gasteiger partial charge < -0.3 is 34.0 Å². The lowest BCUT2D eigenvalue weighted by Crippen LogP contribution is -2.50. The number of hydrogen-bond acceptors (Lipinski definition) is 8. The van der Waals surface area contributed by atoms with Gasteiger partial charge in [0.05, 0.1) is 65.3 Å². The van der Waals surface area contributed by atoms with Crippen molar-refractivity contribution in [2.75, 3.05) is 69.1 Å². The van der Waals surface area contributed by atoms with Gasteiger partial charge in [-0.25, -0.2) is 9.18 Å². The van der Waals surface area contributed by atoms with E-state index >= 15 is 4.39 Å². The first-order chi connectivity index (χ1) is 23.8. The van der Waals surface area contributed by atoms with E-state index < -0.39 is 11.8 Å². The van der Waals surface area contributed by atoms with Crippen LogP contribution in [0.4, 0.5) is 15.8 Å². The molecule has 5 heterocycles. The Morgan fingerprint density at radius 1 is 0.857 bits per heavy atom. The van der Waals surface area contributed by atoms with E-state index in [0.29, 0.717) is 41.8 Å². The van der Waals surface area contributed by atoms with E-state index in [-0.39, 0.29) is 58.0 Å². The fourth-order valence-electron chi connectivity index (χ4n) is 8.05. The number of anilines is 2. The Bertz CT molecular complexity index is 1760. The number of carboxylic acids is 1. The van der Waals surface area contributed by atoms with Crippen LogP contribution in [0.2, 0.25) is 10.0 Å². The van der Waals surface area contributed by atoms with Gasteiger partial charge in [0, 0.05) is 61.2 Å². The van der Waals surface area contributed by atoms with Crippen molar-refractivity contribution in [3.8, 4) is 16.9 Å². The van der Waals surface area contributed by atoms with Crippen LogP contribution in [0.3, 0.4) is 0 Å². The summed E-state index contributed by atoms with van der Waals surface area (Å²) in [6, 6.07) is 12.2. The second-order valence-corrected chi connectivity index (χ2v) is 14.2. The number of carboxylic acid groups (broad SMARTS) is 1. The second-order valence-electron chi connectivity index (χ2n) is 13.4. The topological polar surface area (TPSA) is 95.0 Å². The van der Waals surface area contributed by atoms with Crippen LogP contribution < -0.4 is 14.5 Å². The minimum absolute atomic E-state index is 0.0331. The van der Waals surface area contributed by atoms with Crippen LogP contribution in [0.15, 0.2) is 42.5 Å². The van der Waals surface area contributed by atoms with Gasteiger partial charge in [-0.05, 0) is 43.5 Å². The SMILES string of the molecule is O=C(O)c1cc(F)c(-c2cccc3c2OCN(C(=O)c2c(Cl)cc(N4CCN(C5CCOC5)CC4)cc2Cl)C3)cc1N1C2CCC1COC2. The highest BCUT2D eigenvalue weighted by molar-refractivity contribution is 6.40. The molecule has 258 valence electrons. The van der Waals surface area contributed by atoms with Crippen molar-refractivity contribution in [2.45, 2.75) is 43.9 Å². The molecule has 13 heteroatoms. The van der Waals surface area contributed by atoms with E-state index in [9.17, 15) is 14.7 Å². The third-order valence-corrected chi connectivity index (χ3v) is 11.2. The maximum Gasteiger partial charge on any atom is 0.337 e. The monoisotopic (exact) mass is 710 g/mol. The number of fused-ring (bicyclic) bond motifs is 3. The predicted octanol–water partition coefficient (Wildman–Crippen LogP) is 5.77. The van der Waals surface area contributed by atoms with Gasteiger partial charge in [-0.15, -0.1) is 0 Å². The summed E-state index contributed by atoms with van der Waals surface area (Å²) >= 11 is 13.5. The molecule has 2 bridgehead atoms. The zero-order valence-corrected chi connectivity index (χ0v) is 28.4. The summed E-state index contributed by atoms with van der Waals surface area (Å²) in [5, 5.41) is 10.5. The van der Waals surface area contributed by atoms with E-state index in [1.807, 2.05) is 6.07 Å². The summed E-state index contributed by atoms with van der Waals surface area (Å²) in [5.74, 6) is -1.77. The first-order valence-electron chi connectivity index (χ1n) is 16.8. The fourth-order valence-corrected chi connectivity index (χ4v) is 8.69. The van der Waals surface area contributed by atoms with Crippen molar-refractivity contribution < 1.29 is 33.3 Å². The van der Waals surface area contributed by atoms with Gasteiger partial charge in [0.2, 0.25) is 0 Å². The maximum atomic E-state index is 15.7. The van der Waals surface area contributed by atoms with Gasteiger partial charge >= 0.3 is 5.97 Å². The van der Waals surface area contributed by atoms with E-state index in [4.69, 9.17) is 37.4 Å². The Balaban J connectivity index is 1.03. The number of amides is 1. The number of benzene rings is 3. The molecule has 4 saturated heterocycles. The Morgan fingerprint density at radius 2 is 1.57 bits per heavy atom. The van der Waals surface area contributed by atoms with Crippen LogP contribution in [0.5, 0.6) is 5.75 Å². The van der Waals surface area contributed by atoms with Gasteiger partial charge in [-0.3, -0.25) is 9.69 Å². The number of para-hydroxylation sites is 1. The number of rotatable bonds is 6. The van der Waals surface area contributed by atoms with Gasteiger partial charge in [0.1, 0.15) is 11.6 Å². The number of piperazine rings is 1. The minimum Gasteiger partial charge on any atom is -0.478 e. The van der Waals surface area contributed by atoms with E-state index in [1.54, 1.807) is 30.3 Å². The van der Waals surface area contributed by atoms with Crippen molar-refractivity contribution >= 4 is 46.5 Å². The van der Waals surface area contributed by atoms with Gasteiger partial charge in [-0.2, -0.15) is 0 Å². The first kappa shape index (κ1) is 32.6. The van der Waals surface area contributed by atoms with Crippen molar-refractivity contribution in [1.82, 2.24) is 9.80 Å². The first-order valence-corrected chi connectivity index (χ1v) is 17.6. The van der Waals surface area contributed by atoms with Crippen LogP contribution in [-0.2, 0) is 16.0 Å². The third kappa shape index (κ3) is 5.99. The Labute approximate surface area is 293 Å². The molecular weight excluding hydrogens is 674 g/mol. The lowest BCUT2D eigenvalue weighted by molar-refractivity contribution is 0.0516. The molecule has 0 radical (unpaired) electrons. The molecule has 3 aromatic rings. The number of ether oxygens (including phenoxy) is 3. The van der Waals surface area contributed by atoms with Crippen LogP contribution in [0.1, 0.15) is 45.5 Å². The number of halogens is 3. The largest absolute Gasteiger partial charge is 0.478 e. The van der Waals surface area contributed by atoms with Crippen LogP contribution >= 0.6 is 23.2 Å². The summed E-state index contributed by atoms with van der Waals surface area (Å²) in [5.41, 5.74) is 2.88. The van der Waals surface area contributed by atoms with Crippen LogP contribution in [0.25, 0.3) is 11.1 Å². The van der Waals surface area contributed by atoms with Gasteiger partial charge in [0.15, 0.2) is 6.73 Å². The molecule has 10 nitrogen and oxygen atoms in total. The normalized spacial score (nSPS) is 23.8. The quantitative estimate of drug-likeness (QED) is 0.342. The summed E-state index contributed by atoms with van der Waals surface area (Å²) in [7, 11) is 0. The third-order valence-electron chi connectivity index (χ3n) is 10.6. The highest BCUT2D eigenvalue weighted by atomic mass is 35.5. The summed E-state index contributed by atoms with van der Waals surface area (Å²) in [6.07, 6.45) is 2.83. The molecule has 5 aliphatic rings. The molecule has 1 amide bonds.